The summed E-state index contributed by atoms with van der Waals surface area (Å²) in [5, 5.41) is 0. The quantitative estimate of drug-likeness (QED) is 0.0314. The Morgan fingerprint density at radius 3 is 1.91 bits per heavy atom. The molecule has 9 heteroatoms. The lowest BCUT2D eigenvalue weighted by molar-refractivity contribution is -0.154. The summed E-state index contributed by atoms with van der Waals surface area (Å²) in [6.45, 7) is 4.76. The number of rotatable bonds is 33. The van der Waals surface area contributed by atoms with Crippen molar-refractivity contribution in [3.05, 3.63) is 36.5 Å². The number of carbonyl (C=O) groups excluding carboxylic acids is 1. The van der Waals surface area contributed by atoms with Crippen LogP contribution in [0, 0.1) is 0 Å². The Morgan fingerprint density at radius 2 is 1.27 bits per heavy atom. The number of carbonyl (C=O) groups is 1. The molecule has 258 valence electrons. The van der Waals surface area contributed by atoms with Crippen LogP contribution in [-0.4, -0.2) is 49.9 Å². The van der Waals surface area contributed by atoms with Gasteiger partial charge in [0, 0.05) is 19.6 Å². The van der Waals surface area contributed by atoms with Gasteiger partial charge in [-0.3, -0.25) is 13.8 Å². The minimum Gasteiger partial charge on any atom is -0.457 e. The Labute approximate surface area is 269 Å². The number of hydrogen-bond acceptors (Lipinski definition) is 7. The van der Waals surface area contributed by atoms with E-state index in [-0.39, 0.29) is 32.3 Å². The molecule has 44 heavy (non-hydrogen) atoms. The molecule has 0 aliphatic rings. The van der Waals surface area contributed by atoms with Gasteiger partial charge in [-0.1, -0.05) is 127 Å². The van der Waals surface area contributed by atoms with Gasteiger partial charge in [-0.2, -0.15) is 0 Å². The van der Waals surface area contributed by atoms with Crippen LogP contribution in [0.5, 0.6) is 0 Å². The van der Waals surface area contributed by atoms with Crippen LogP contribution in [-0.2, 0) is 27.9 Å². The van der Waals surface area contributed by atoms with E-state index in [1.165, 1.54) is 64.2 Å². The van der Waals surface area contributed by atoms with Crippen molar-refractivity contribution in [2.24, 2.45) is 5.73 Å². The number of unbranched alkanes of at least 4 members (excludes halogenated alkanes) is 14. The number of esters is 1. The number of hydrogen-bond donors (Lipinski definition) is 2. The van der Waals surface area contributed by atoms with Crippen LogP contribution in [0.25, 0.3) is 0 Å². The van der Waals surface area contributed by atoms with Crippen molar-refractivity contribution < 1.29 is 32.8 Å². The van der Waals surface area contributed by atoms with E-state index in [1.807, 2.05) is 0 Å². The zero-order valence-electron chi connectivity index (χ0n) is 28.1. The van der Waals surface area contributed by atoms with Gasteiger partial charge >= 0.3 is 13.8 Å². The molecule has 3 N–H and O–H groups in total. The minimum atomic E-state index is -4.26. The number of phosphoric acid groups is 1. The molecule has 0 heterocycles. The molecule has 2 atom stereocenters. The average Bonchev–Trinajstić information content (AvgIpc) is 3.01. The molecule has 0 fully saturated rings. The molecule has 0 rings (SSSR count). The predicted octanol–water partition coefficient (Wildman–Crippen LogP) is 9.52. The van der Waals surface area contributed by atoms with Crippen LogP contribution in [0.15, 0.2) is 36.5 Å². The van der Waals surface area contributed by atoms with Gasteiger partial charge in [0.1, 0.15) is 6.10 Å². The van der Waals surface area contributed by atoms with Gasteiger partial charge in [0.05, 0.1) is 19.8 Å². The first-order valence-corrected chi connectivity index (χ1v) is 19.0. The van der Waals surface area contributed by atoms with E-state index in [9.17, 15) is 14.3 Å². The molecular formula is C35H66NO7P. The van der Waals surface area contributed by atoms with Crippen molar-refractivity contribution in [3.63, 3.8) is 0 Å². The fourth-order valence-corrected chi connectivity index (χ4v) is 5.30. The fourth-order valence-electron chi connectivity index (χ4n) is 4.54. The van der Waals surface area contributed by atoms with Gasteiger partial charge in [0.2, 0.25) is 0 Å². The molecule has 0 amide bonds. The van der Waals surface area contributed by atoms with Crippen molar-refractivity contribution in [2.75, 3.05) is 33.0 Å². The Hall–Kier alpha value is -1.28. The minimum absolute atomic E-state index is 0.0976. The maximum Gasteiger partial charge on any atom is 0.472 e. The second-order valence-corrected chi connectivity index (χ2v) is 12.8. The number of ether oxygens (including phenoxy) is 2. The summed E-state index contributed by atoms with van der Waals surface area (Å²) in [5.74, 6) is -0.344. The molecule has 0 aromatic heterocycles. The highest BCUT2D eigenvalue weighted by atomic mass is 31.2. The molecule has 0 radical (unpaired) electrons. The van der Waals surface area contributed by atoms with E-state index >= 15 is 0 Å². The lowest BCUT2D eigenvalue weighted by Crippen LogP contribution is -2.28. The fraction of sp³-hybridized carbons (Fsp3) is 0.800. The van der Waals surface area contributed by atoms with Crippen LogP contribution < -0.4 is 5.73 Å². The van der Waals surface area contributed by atoms with Crippen molar-refractivity contribution in [1.82, 2.24) is 0 Å². The molecule has 0 aliphatic heterocycles. The van der Waals surface area contributed by atoms with Gasteiger partial charge < -0.3 is 20.1 Å². The third-order valence-electron chi connectivity index (χ3n) is 7.07. The highest BCUT2D eigenvalue weighted by molar-refractivity contribution is 7.47. The molecule has 0 saturated heterocycles. The van der Waals surface area contributed by atoms with Gasteiger partial charge in [-0.25, -0.2) is 4.57 Å². The lowest BCUT2D eigenvalue weighted by Gasteiger charge is -2.20. The van der Waals surface area contributed by atoms with E-state index in [0.717, 1.165) is 57.8 Å². The molecule has 0 aromatic carbocycles. The van der Waals surface area contributed by atoms with Crippen molar-refractivity contribution >= 4 is 13.8 Å². The molecule has 0 aromatic rings. The average molecular weight is 644 g/mol. The summed E-state index contributed by atoms with van der Waals surface area (Å²) in [4.78, 5) is 22.3. The van der Waals surface area contributed by atoms with Crippen molar-refractivity contribution in [1.29, 1.82) is 0 Å². The molecule has 0 saturated carbocycles. The molecule has 0 bridgehead atoms. The van der Waals surface area contributed by atoms with Gasteiger partial charge in [-0.15, -0.1) is 0 Å². The van der Waals surface area contributed by atoms with Crippen LogP contribution in [0.3, 0.4) is 0 Å². The summed E-state index contributed by atoms with van der Waals surface area (Å²) < 4.78 is 33.1. The largest absolute Gasteiger partial charge is 0.472 e. The van der Waals surface area contributed by atoms with E-state index in [0.29, 0.717) is 13.0 Å². The lowest BCUT2D eigenvalue weighted by atomic mass is 10.1. The summed E-state index contributed by atoms with van der Waals surface area (Å²) in [7, 11) is -4.26. The monoisotopic (exact) mass is 643 g/mol. The number of allylic oxidation sites excluding steroid dienone is 6. The summed E-state index contributed by atoms with van der Waals surface area (Å²) in [6, 6.07) is 0. The van der Waals surface area contributed by atoms with E-state index in [1.54, 1.807) is 0 Å². The first kappa shape index (κ1) is 42.7. The second-order valence-electron chi connectivity index (χ2n) is 11.4. The first-order chi connectivity index (χ1) is 21.4. The maximum absolute atomic E-state index is 12.5. The van der Waals surface area contributed by atoms with E-state index in [4.69, 9.17) is 24.3 Å². The third kappa shape index (κ3) is 32.1. The standard InChI is InChI=1S/C35H66NO7P/c1-3-5-7-9-11-13-14-15-16-17-18-19-20-21-22-24-26-28-35(37)43-34(33-42-44(38,39)41-31-29-36)32-40-30-27-25-23-12-10-8-6-4-2/h5,7,11,13,15-16,34H,3-4,6,8-10,12,14,17-33,36H2,1-2H3,(H,38,39)/b7-5-,13-11-,16-15-. The van der Waals surface area contributed by atoms with E-state index < -0.39 is 13.9 Å². The summed E-state index contributed by atoms with van der Waals surface area (Å²) in [5.41, 5.74) is 5.33. The number of nitrogens with two attached hydrogens (primary N) is 1. The number of phosphoric ester groups is 1. The van der Waals surface area contributed by atoms with Crippen LogP contribution >= 0.6 is 7.82 Å². The van der Waals surface area contributed by atoms with Crippen LogP contribution in [0.4, 0.5) is 0 Å². The predicted molar refractivity (Wildman–Crippen MR) is 183 cm³/mol. The van der Waals surface area contributed by atoms with E-state index in [2.05, 4.69) is 50.3 Å². The normalized spacial score (nSPS) is 14.2. The second kappa shape index (κ2) is 33.1. The Morgan fingerprint density at radius 1 is 0.705 bits per heavy atom. The topological polar surface area (TPSA) is 117 Å². The third-order valence-corrected chi connectivity index (χ3v) is 8.06. The molecule has 0 spiro atoms. The van der Waals surface area contributed by atoms with Crippen molar-refractivity contribution in [3.8, 4) is 0 Å². The molecule has 8 nitrogen and oxygen atoms in total. The summed E-state index contributed by atoms with van der Waals surface area (Å²) >= 11 is 0. The highest BCUT2D eigenvalue weighted by Gasteiger charge is 2.25. The molecule has 0 aliphatic carbocycles. The Balaban J connectivity index is 4.09. The van der Waals surface area contributed by atoms with Gasteiger partial charge in [-0.05, 0) is 44.9 Å². The Kier molecular flexibility index (Phi) is 32.1. The smallest absolute Gasteiger partial charge is 0.457 e. The summed E-state index contributed by atoms with van der Waals surface area (Å²) in [6.07, 6.45) is 34.4. The van der Waals surface area contributed by atoms with Crippen LogP contribution in [0.1, 0.15) is 142 Å². The van der Waals surface area contributed by atoms with Gasteiger partial charge in [0.25, 0.3) is 0 Å². The molecule has 2 unspecified atom stereocenters. The Bertz CT molecular complexity index is 772. The maximum atomic E-state index is 12.5. The first-order valence-electron chi connectivity index (χ1n) is 17.5. The van der Waals surface area contributed by atoms with Gasteiger partial charge in [0.15, 0.2) is 0 Å². The van der Waals surface area contributed by atoms with Crippen molar-refractivity contribution in [2.45, 2.75) is 148 Å². The zero-order chi connectivity index (χ0) is 32.4. The SMILES string of the molecule is CC/C=C\C/C=C\C/C=C\CCCCCCCCCC(=O)OC(COCCCCCCCCCC)COP(=O)(O)OCCN. The molecular weight excluding hydrogens is 577 g/mol. The van der Waals surface area contributed by atoms with Crippen LogP contribution in [0.2, 0.25) is 0 Å². The zero-order valence-corrected chi connectivity index (χ0v) is 29.0. The highest BCUT2D eigenvalue weighted by Crippen LogP contribution is 2.43.